The first-order chi connectivity index (χ1) is 9.97. The zero-order valence-corrected chi connectivity index (χ0v) is 14.9. The van der Waals surface area contributed by atoms with Crippen LogP contribution >= 0.6 is 11.8 Å². The molecule has 0 amide bonds. The molecular formula is C16H30N4S. The molecule has 0 aliphatic heterocycles. The molecule has 0 aromatic carbocycles. The lowest BCUT2D eigenvalue weighted by atomic mass is 9.68. The van der Waals surface area contributed by atoms with E-state index in [0.29, 0.717) is 16.7 Å². The Morgan fingerprint density at radius 3 is 2.71 bits per heavy atom. The van der Waals surface area contributed by atoms with E-state index in [1.54, 1.807) is 6.33 Å². The molecule has 2 rings (SSSR count). The molecule has 0 saturated heterocycles. The Hall–Kier alpha value is -0.550. The van der Waals surface area contributed by atoms with Gasteiger partial charge in [0, 0.05) is 18.3 Å². The molecule has 1 fully saturated rings. The molecule has 1 aromatic rings. The summed E-state index contributed by atoms with van der Waals surface area (Å²) in [5.41, 5.74) is 0.440. The number of aromatic nitrogens is 3. The zero-order chi connectivity index (χ0) is 15.5. The van der Waals surface area contributed by atoms with Gasteiger partial charge in [-0.25, -0.2) is 0 Å². The van der Waals surface area contributed by atoms with E-state index in [1.165, 1.54) is 25.7 Å². The van der Waals surface area contributed by atoms with Crippen molar-refractivity contribution >= 4 is 11.8 Å². The molecule has 5 heteroatoms. The Morgan fingerprint density at radius 2 is 2.14 bits per heavy atom. The Labute approximate surface area is 133 Å². The van der Waals surface area contributed by atoms with Gasteiger partial charge >= 0.3 is 0 Å². The van der Waals surface area contributed by atoms with E-state index < -0.39 is 0 Å². The molecule has 120 valence electrons. The molecule has 0 spiro atoms. The molecule has 1 aliphatic rings. The first-order valence-electron chi connectivity index (χ1n) is 8.22. The van der Waals surface area contributed by atoms with Gasteiger partial charge in [-0.2, -0.15) is 0 Å². The molecule has 21 heavy (non-hydrogen) atoms. The Kier molecular flexibility index (Phi) is 5.72. The van der Waals surface area contributed by atoms with Gasteiger partial charge in [0.15, 0.2) is 5.16 Å². The number of nitrogens with zero attached hydrogens (tertiary/aromatic N) is 3. The number of rotatable bonds is 6. The van der Waals surface area contributed by atoms with Crippen molar-refractivity contribution in [3.05, 3.63) is 6.33 Å². The Morgan fingerprint density at radius 1 is 1.38 bits per heavy atom. The summed E-state index contributed by atoms with van der Waals surface area (Å²) in [6, 6.07) is 0.598. The van der Waals surface area contributed by atoms with E-state index >= 15 is 0 Å². The number of hydrogen-bond acceptors (Lipinski definition) is 4. The number of aryl methyl sites for hydroxylation is 1. The summed E-state index contributed by atoms with van der Waals surface area (Å²) in [5, 5.41) is 13.6. The summed E-state index contributed by atoms with van der Waals surface area (Å²) >= 11 is 1.90. The van der Waals surface area contributed by atoms with Gasteiger partial charge in [0.1, 0.15) is 6.33 Å². The van der Waals surface area contributed by atoms with Crippen molar-refractivity contribution in [2.45, 2.75) is 69.8 Å². The molecule has 3 unspecified atom stereocenters. The second-order valence-corrected chi connectivity index (χ2v) is 8.10. The van der Waals surface area contributed by atoms with Crippen LogP contribution in [0, 0.1) is 11.3 Å². The minimum absolute atomic E-state index is 0.440. The van der Waals surface area contributed by atoms with Crippen molar-refractivity contribution in [2.24, 2.45) is 18.4 Å². The first-order valence-corrected chi connectivity index (χ1v) is 9.10. The summed E-state index contributed by atoms with van der Waals surface area (Å²) in [6.45, 7) is 10.4. The van der Waals surface area contributed by atoms with Crippen LogP contribution in [0.15, 0.2) is 11.5 Å². The van der Waals surface area contributed by atoms with Crippen LogP contribution in [0.2, 0.25) is 0 Å². The van der Waals surface area contributed by atoms with Gasteiger partial charge in [-0.05, 0) is 37.1 Å². The van der Waals surface area contributed by atoms with Crippen molar-refractivity contribution in [1.29, 1.82) is 0 Å². The topological polar surface area (TPSA) is 42.7 Å². The van der Waals surface area contributed by atoms with E-state index in [-0.39, 0.29) is 0 Å². The number of hydrogen-bond donors (Lipinski definition) is 1. The highest BCUT2D eigenvalue weighted by Gasteiger charge is 2.37. The molecule has 0 bridgehead atoms. The largest absolute Gasteiger partial charge is 0.313 e. The lowest BCUT2D eigenvalue weighted by Gasteiger charge is -2.43. The maximum Gasteiger partial charge on any atom is 0.191 e. The maximum atomic E-state index is 4.26. The fourth-order valence-corrected chi connectivity index (χ4v) is 4.57. The van der Waals surface area contributed by atoms with Gasteiger partial charge in [0.25, 0.3) is 0 Å². The minimum atomic E-state index is 0.440. The fourth-order valence-electron chi connectivity index (χ4n) is 3.27. The molecular weight excluding hydrogens is 280 g/mol. The van der Waals surface area contributed by atoms with Crippen molar-refractivity contribution in [3.63, 3.8) is 0 Å². The first kappa shape index (κ1) is 16.8. The van der Waals surface area contributed by atoms with E-state index in [0.717, 1.165) is 17.6 Å². The van der Waals surface area contributed by atoms with Crippen molar-refractivity contribution < 1.29 is 0 Å². The van der Waals surface area contributed by atoms with Crippen molar-refractivity contribution in [3.8, 4) is 0 Å². The van der Waals surface area contributed by atoms with Gasteiger partial charge in [0.05, 0.1) is 0 Å². The monoisotopic (exact) mass is 310 g/mol. The summed E-state index contributed by atoms with van der Waals surface area (Å²) < 4.78 is 2.03. The van der Waals surface area contributed by atoms with Crippen molar-refractivity contribution in [1.82, 2.24) is 20.1 Å². The molecule has 1 aliphatic carbocycles. The Balaban J connectivity index is 2.10. The fraction of sp³-hybridized carbons (Fsp3) is 0.875. The van der Waals surface area contributed by atoms with Crippen LogP contribution in [0.3, 0.4) is 0 Å². The standard InChI is InChI=1S/C16H30N4S/c1-6-16(3,4)12-8-9-13(17-7-2)14(10-12)21-15-19-18-11-20(15)5/h11-14,17H,6-10H2,1-5H3. The van der Waals surface area contributed by atoms with Crippen LogP contribution in [0.4, 0.5) is 0 Å². The van der Waals surface area contributed by atoms with E-state index in [2.05, 4.69) is 43.2 Å². The quantitative estimate of drug-likeness (QED) is 0.873. The lowest BCUT2D eigenvalue weighted by molar-refractivity contribution is 0.141. The molecule has 1 N–H and O–H groups in total. The number of thioether (sulfide) groups is 1. The van der Waals surface area contributed by atoms with Crippen LogP contribution in [0.5, 0.6) is 0 Å². The number of nitrogens with one attached hydrogen (secondary N) is 1. The van der Waals surface area contributed by atoms with Crippen molar-refractivity contribution in [2.75, 3.05) is 6.54 Å². The second-order valence-electron chi connectivity index (χ2n) is 6.90. The predicted molar refractivity (Wildman–Crippen MR) is 89.5 cm³/mol. The van der Waals surface area contributed by atoms with Gasteiger partial charge in [0.2, 0.25) is 0 Å². The highest BCUT2D eigenvalue weighted by atomic mass is 32.2. The highest BCUT2D eigenvalue weighted by molar-refractivity contribution is 7.99. The maximum absolute atomic E-state index is 4.26. The smallest absolute Gasteiger partial charge is 0.191 e. The van der Waals surface area contributed by atoms with Crippen LogP contribution in [0.1, 0.15) is 53.4 Å². The summed E-state index contributed by atoms with van der Waals surface area (Å²) in [6.07, 6.45) is 6.94. The van der Waals surface area contributed by atoms with Gasteiger partial charge in [-0.1, -0.05) is 45.9 Å². The van der Waals surface area contributed by atoms with Crippen LogP contribution in [-0.2, 0) is 7.05 Å². The average Bonchev–Trinajstić information content (AvgIpc) is 2.86. The third kappa shape index (κ3) is 4.01. The normalized spacial score (nSPS) is 27.0. The van der Waals surface area contributed by atoms with Crippen LogP contribution < -0.4 is 5.32 Å². The SMILES string of the molecule is CCNC1CCC(C(C)(C)CC)CC1Sc1nncn1C. The molecule has 3 atom stereocenters. The van der Waals surface area contributed by atoms with Gasteiger partial charge < -0.3 is 9.88 Å². The third-order valence-corrected chi connectivity index (χ3v) is 6.61. The van der Waals surface area contributed by atoms with E-state index in [9.17, 15) is 0 Å². The average molecular weight is 311 g/mol. The summed E-state index contributed by atoms with van der Waals surface area (Å²) in [4.78, 5) is 0. The molecule has 1 saturated carbocycles. The summed E-state index contributed by atoms with van der Waals surface area (Å²) in [7, 11) is 2.03. The van der Waals surface area contributed by atoms with Crippen LogP contribution in [0.25, 0.3) is 0 Å². The summed E-state index contributed by atoms with van der Waals surface area (Å²) in [5.74, 6) is 0.808. The third-order valence-electron chi connectivity index (χ3n) is 5.20. The molecule has 1 heterocycles. The molecule has 0 radical (unpaired) electrons. The van der Waals surface area contributed by atoms with Crippen LogP contribution in [-0.4, -0.2) is 32.6 Å². The van der Waals surface area contributed by atoms with E-state index in [4.69, 9.17) is 0 Å². The minimum Gasteiger partial charge on any atom is -0.313 e. The van der Waals surface area contributed by atoms with Gasteiger partial charge in [-0.3, -0.25) is 0 Å². The highest BCUT2D eigenvalue weighted by Crippen LogP contribution is 2.44. The van der Waals surface area contributed by atoms with E-state index in [1.807, 2.05) is 23.4 Å². The predicted octanol–water partition coefficient (Wildman–Crippen LogP) is 3.49. The lowest BCUT2D eigenvalue weighted by Crippen LogP contribution is -2.45. The second kappa shape index (κ2) is 7.14. The molecule has 1 aromatic heterocycles. The molecule has 4 nitrogen and oxygen atoms in total. The zero-order valence-electron chi connectivity index (χ0n) is 14.1. The van der Waals surface area contributed by atoms with Gasteiger partial charge in [-0.15, -0.1) is 10.2 Å². The Bertz CT molecular complexity index is 443.